The summed E-state index contributed by atoms with van der Waals surface area (Å²) in [5, 5.41) is 0.631. The molecule has 1 spiro atoms. The van der Waals surface area contributed by atoms with Crippen molar-refractivity contribution < 1.29 is 18.3 Å². The van der Waals surface area contributed by atoms with Gasteiger partial charge in [-0.1, -0.05) is 0 Å². The van der Waals surface area contributed by atoms with E-state index in [1.807, 2.05) is 4.90 Å². The molecule has 0 radical (unpaired) electrons. The first-order chi connectivity index (χ1) is 11.2. The van der Waals surface area contributed by atoms with E-state index < -0.39 is 0 Å². The van der Waals surface area contributed by atoms with Gasteiger partial charge in [0.15, 0.2) is 5.76 Å². The summed E-state index contributed by atoms with van der Waals surface area (Å²) >= 11 is 0. The average Bonchev–Trinajstić information content (AvgIpc) is 2.98. The number of carbonyl (C=O) groups is 1. The minimum atomic E-state index is -0.323. The second kappa shape index (κ2) is 5.64. The molecule has 0 bridgehead atoms. The summed E-state index contributed by atoms with van der Waals surface area (Å²) in [4.78, 5) is 14.7. The first-order valence-corrected chi connectivity index (χ1v) is 8.21. The molecule has 2 aliphatic rings. The van der Waals surface area contributed by atoms with Gasteiger partial charge in [-0.15, -0.1) is 0 Å². The number of rotatable bonds is 1. The highest BCUT2D eigenvalue weighted by Crippen LogP contribution is 2.39. The Bertz CT molecular complexity index is 727. The van der Waals surface area contributed by atoms with Crippen molar-refractivity contribution in [2.75, 3.05) is 26.3 Å². The number of carbonyl (C=O) groups excluding carboxylic acids is 1. The third-order valence-corrected chi connectivity index (χ3v) is 5.19. The second-order valence-electron chi connectivity index (χ2n) is 6.74. The molecule has 2 saturated heterocycles. The van der Waals surface area contributed by atoms with E-state index in [1.165, 1.54) is 12.1 Å². The summed E-state index contributed by atoms with van der Waals surface area (Å²) in [6.45, 7) is 3.09. The molecule has 122 valence electrons. The lowest BCUT2D eigenvalue weighted by atomic mass is 9.74. The van der Waals surface area contributed by atoms with E-state index in [9.17, 15) is 9.18 Å². The molecule has 1 aromatic carbocycles. The number of likely N-dealkylation sites (tertiary alicyclic amines) is 1. The molecular weight excluding hydrogens is 297 g/mol. The van der Waals surface area contributed by atoms with E-state index in [4.69, 9.17) is 9.15 Å². The Morgan fingerprint density at radius 1 is 1.17 bits per heavy atom. The first-order valence-electron chi connectivity index (χ1n) is 8.21. The minimum absolute atomic E-state index is 0.0906. The van der Waals surface area contributed by atoms with Gasteiger partial charge >= 0.3 is 0 Å². The number of hydrogen-bond acceptors (Lipinski definition) is 3. The van der Waals surface area contributed by atoms with Gasteiger partial charge in [0.2, 0.25) is 0 Å². The Balaban J connectivity index is 1.57. The van der Waals surface area contributed by atoms with Crippen LogP contribution in [0.1, 0.15) is 36.2 Å². The topological polar surface area (TPSA) is 42.7 Å². The van der Waals surface area contributed by atoms with Gasteiger partial charge < -0.3 is 14.1 Å². The zero-order chi connectivity index (χ0) is 15.9. The molecule has 4 rings (SSSR count). The van der Waals surface area contributed by atoms with Crippen molar-refractivity contribution in [2.45, 2.75) is 25.7 Å². The third-order valence-electron chi connectivity index (χ3n) is 5.19. The van der Waals surface area contributed by atoms with E-state index in [0.29, 0.717) is 16.7 Å². The van der Waals surface area contributed by atoms with Crippen LogP contribution in [0.25, 0.3) is 11.0 Å². The van der Waals surface area contributed by atoms with Gasteiger partial charge in [0.1, 0.15) is 11.4 Å². The largest absolute Gasteiger partial charge is 0.451 e. The number of halogens is 1. The fraction of sp³-hybridized carbons (Fsp3) is 0.500. The van der Waals surface area contributed by atoms with Gasteiger partial charge in [0.05, 0.1) is 0 Å². The van der Waals surface area contributed by atoms with Gasteiger partial charge in [-0.2, -0.15) is 0 Å². The Morgan fingerprint density at radius 2 is 2.00 bits per heavy atom. The maximum atomic E-state index is 13.3. The third kappa shape index (κ3) is 2.74. The van der Waals surface area contributed by atoms with E-state index in [1.54, 1.807) is 12.1 Å². The number of piperidine rings is 1. The smallest absolute Gasteiger partial charge is 0.289 e. The highest BCUT2D eigenvalue weighted by atomic mass is 19.1. The van der Waals surface area contributed by atoms with Crippen LogP contribution < -0.4 is 0 Å². The predicted octanol–water partition coefficient (Wildman–Crippen LogP) is 3.60. The molecule has 0 atom stereocenters. The van der Waals surface area contributed by atoms with Crippen LogP contribution in [-0.2, 0) is 4.74 Å². The number of nitrogens with zero attached hydrogens (tertiary/aromatic N) is 1. The molecule has 5 heteroatoms. The summed E-state index contributed by atoms with van der Waals surface area (Å²) in [5.74, 6) is -0.113. The zero-order valence-corrected chi connectivity index (χ0v) is 13.0. The predicted molar refractivity (Wildman–Crippen MR) is 83.8 cm³/mol. The van der Waals surface area contributed by atoms with Crippen molar-refractivity contribution in [3.05, 3.63) is 35.8 Å². The van der Waals surface area contributed by atoms with Gasteiger partial charge in [-0.25, -0.2) is 4.39 Å². The van der Waals surface area contributed by atoms with Crippen LogP contribution in [0.2, 0.25) is 0 Å². The van der Waals surface area contributed by atoms with Crippen LogP contribution >= 0.6 is 0 Å². The first kappa shape index (κ1) is 14.7. The van der Waals surface area contributed by atoms with Gasteiger partial charge in [0.25, 0.3) is 5.91 Å². The quantitative estimate of drug-likeness (QED) is 0.807. The Labute approximate surface area is 134 Å². The molecule has 0 saturated carbocycles. The van der Waals surface area contributed by atoms with E-state index in [-0.39, 0.29) is 17.1 Å². The number of hydrogen-bond donors (Lipinski definition) is 0. The summed E-state index contributed by atoms with van der Waals surface area (Å²) in [5.41, 5.74) is 0.747. The molecule has 4 nitrogen and oxygen atoms in total. The summed E-state index contributed by atoms with van der Waals surface area (Å²) in [6, 6.07) is 5.95. The molecule has 1 amide bonds. The summed E-state index contributed by atoms with van der Waals surface area (Å²) in [7, 11) is 0. The number of fused-ring (bicyclic) bond motifs is 1. The maximum absolute atomic E-state index is 13.3. The number of benzene rings is 1. The second-order valence-corrected chi connectivity index (χ2v) is 6.74. The monoisotopic (exact) mass is 317 g/mol. The molecular formula is C18H20FNO3. The number of furan rings is 1. The van der Waals surface area contributed by atoms with Crippen LogP contribution in [0.3, 0.4) is 0 Å². The number of ether oxygens (including phenoxy) is 1. The van der Waals surface area contributed by atoms with Gasteiger partial charge in [-0.3, -0.25) is 4.79 Å². The zero-order valence-electron chi connectivity index (χ0n) is 13.0. The van der Waals surface area contributed by atoms with Gasteiger partial charge in [-0.05, 0) is 55.4 Å². The SMILES string of the molecule is O=C(c1cc2cc(F)ccc2o1)N1CCCC2(CCOCC2)C1. The molecule has 0 N–H and O–H groups in total. The molecule has 2 aliphatic heterocycles. The molecule has 2 aromatic rings. The van der Waals surface area contributed by atoms with Crippen molar-refractivity contribution in [3.63, 3.8) is 0 Å². The lowest BCUT2D eigenvalue weighted by Crippen LogP contribution is -2.48. The highest BCUT2D eigenvalue weighted by Gasteiger charge is 2.39. The minimum Gasteiger partial charge on any atom is -0.451 e. The van der Waals surface area contributed by atoms with Crippen molar-refractivity contribution in [3.8, 4) is 0 Å². The average molecular weight is 317 g/mol. The Hall–Kier alpha value is -1.88. The van der Waals surface area contributed by atoms with E-state index in [2.05, 4.69) is 0 Å². The maximum Gasteiger partial charge on any atom is 0.289 e. The van der Waals surface area contributed by atoms with Crippen molar-refractivity contribution >= 4 is 16.9 Å². The lowest BCUT2D eigenvalue weighted by Gasteiger charge is -2.44. The fourth-order valence-corrected chi connectivity index (χ4v) is 3.87. The molecule has 23 heavy (non-hydrogen) atoms. The summed E-state index contributed by atoms with van der Waals surface area (Å²) < 4.78 is 24.4. The lowest BCUT2D eigenvalue weighted by molar-refractivity contribution is -0.0235. The van der Waals surface area contributed by atoms with Crippen molar-refractivity contribution in [1.29, 1.82) is 0 Å². The number of amides is 1. The highest BCUT2D eigenvalue weighted by molar-refractivity contribution is 5.96. The molecule has 1 aromatic heterocycles. The van der Waals surface area contributed by atoms with E-state index >= 15 is 0 Å². The Kier molecular flexibility index (Phi) is 3.60. The van der Waals surface area contributed by atoms with Crippen molar-refractivity contribution in [2.24, 2.45) is 5.41 Å². The van der Waals surface area contributed by atoms with E-state index in [0.717, 1.165) is 52.0 Å². The molecule has 2 fully saturated rings. The molecule has 3 heterocycles. The molecule has 0 unspecified atom stereocenters. The van der Waals surface area contributed by atoms with Crippen LogP contribution in [0.4, 0.5) is 4.39 Å². The van der Waals surface area contributed by atoms with Crippen LogP contribution in [0.15, 0.2) is 28.7 Å². The Morgan fingerprint density at radius 3 is 2.83 bits per heavy atom. The van der Waals surface area contributed by atoms with Gasteiger partial charge in [0, 0.05) is 31.7 Å². The normalized spacial score (nSPS) is 21.0. The molecule has 0 aliphatic carbocycles. The standard InChI is InChI=1S/C18H20FNO3/c19-14-2-3-15-13(10-14)11-16(23-15)17(21)20-7-1-4-18(12-20)5-8-22-9-6-18/h2-3,10-11H,1,4-9,12H2. The van der Waals surface area contributed by atoms with Crippen LogP contribution in [-0.4, -0.2) is 37.1 Å². The van der Waals surface area contributed by atoms with Crippen molar-refractivity contribution in [1.82, 2.24) is 4.90 Å². The fourth-order valence-electron chi connectivity index (χ4n) is 3.87. The summed E-state index contributed by atoms with van der Waals surface area (Å²) in [6.07, 6.45) is 4.20. The van der Waals surface area contributed by atoms with Crippen LogP contribution in [0, 0.1) is 11.2 Å². The van der Waals surface area contributed by atoms with Crippen LogP contribution in [0.5, 0.6) is 0 Å².